The van der Waals surface area contributed by atoms with Gasteiger partial charge in [-0.05, 0) is 31.2 Å². The molecule has 0 aliphatic carbocycles. The van der Waals surface area contributed by atoms with Crippen molar-refractivity contribution in [1.29, 1.82) is 0 Å². The van der Waals surface area contributed by atoms with Gasteiger partial charge in [0.25, 0.3) is 0 Å². The van der Waals surface area contributed by atoms with Crippen molar-refractivity contribution in [2.75, 3.05) is 19.2 Å². The van der Waals surface area contributed by atoms with E-state index in [1.165, 1.54) is 18.1 Å². The smallest absolute Gasteiger partial charge is 0.351 e. The summed E-state index contributed by atoms with van der Waals surface area (Å²) in [7, 11) is -2.68. The highest BCUT2D eigenvalue weighted by molar-refractivity contribution is 7.99. The van der Waals surface area contributed by atoms with Gasteiger partial charge in [0.05, 0.1) is 13.4 Å². The summed E-state index contributed by atoms with van der Waals surface area (Å²) in [5, 5.41) is 0.559. The summed E-state index contributed by atoms with van der Waals surface area (Å²) in [5.74, 6) is 0.800. The molecular formula is C15H18N5O5PS. The molecule has 144 valence electrons. The number of nitrogens with two attached hydrogens (primary N) is 1. The second-order valence-electron chi connectivity index (χ2n) is 5.55. The quantitative estimate of drug-likeness (QED) is 0.391. The third kappa shape index (κ3) is 4.76. The summed E-state index contributed by atoms with van der Waals surface area (Å²) in [6.07, 6.45) is 0.0686. The molecular weight excluding hydrogens is 393 g/mol. The van der Waals surface area contributed by atoms with Crippen LogP contribution in [-0.2, 0) is 9.30 Å². The van der Waals surface area contributed by atoms with E-state index in [1.807, 2.05) is 24.3 Å². The summed E-state index contributed by atoms with van der Waals surface area (Å²) in [4.78, 5) is 31.6. The van der Waals surface area contributed by atoms with Gasteiger partial charge in [0.2, 0.25) is 5.95 Å². The maximum absolute atomic E-state index is 11.0. The van der Waals surface area contributed by atoms with Crippen molar-refractivity contribution in [3.05, 3.63) is 30.6 Å². The molecule has 2 heterocycles. The van der Waals surface area contributed by atoms with Crippen molar-refractivity contribution in [2.45, 2.75) is 23.1 Å². The lowest BCUT2D eigenvalue weighted by molar-refractivity contribution is 0.0392. The first kappa shape index (κ1) is 19.6. The van der Waals surface area contributed by atoms with Crippen molar-refractivity contribution in [2.24, 2.45) is 0 Å². The first-order valence-corrected chi connectivity index (χ1v) is 10.4. The molecule has 0 radical (unpaired) electrons. The third-order valence-electron chi connectivity index (χ3n) is 3.56. The Morgan fingerprint density at radius 2 is 2.00 bits per heavy atom. The Balaban J connectivity index is 1.91. The predicted molar refractivity (Wildman–Crippen MR) is 99.6 cm³/mol. The number of aromatic nitrogens is 4. The molecule has 1 unspecified atom stereocenters. The van der Waals surface area contributed by atoms with Crippen LogP contribution in [0.4, 0.5) is 5.95 Å². The molecule has 0 amide bonds. The molecule has 3 rings (SSSR count). The van der Waals surface area contributed by atoms with Crippen LogP contribution in [0.1, 0.15) is 13.2 Å². The number of anilines is 1. The second-order valence-corrected chi connectivity index (χ2v) is 8.20. The number of rotatable bonds is 7. The average molecular weight is 411 g/mol. The Morgan fingerprint density at radius 3 is 2.63 bits per heavy atom. The highest BCUT2D eigenvalue weighted by atomic mass is 32.2. The molecule has 0 aliphatic heterocycles. The summed E-state index contributed by atoms with van der Waals surface area (Å²) in [5.41, 5.74) is 6.76. The van der Waals surface area contributed by atoms with Gasteiger partial charge >= 0.3 is 7.60 Å². The van der Waals surface area contributed by atoms with E-state index < -0.39 is 20.2 Å². The van der Waals surface area contributed by atoms with Gasteiger partial charge in [-0.2, -0.15) is 4.98 Å². The zero-order valence-corrected chi connectivity index (χ0v) is 16.2. The summed E-state index contributed by atoms with van der Waals surface area (Å²) in [6, 6.07) is 7.44. The fourth-order valence-electron chi connectivity index (χ4n) is 2.28. The monoisotopic (exact) mass is 411 g/mol. The largest absolute Gasteiger partial charge is 0.497 e. The van der Waals surface area contributed by atoms with Gasteiger partial charge < -0.3 is 25.0 Å². The molecule has 2 aromatic heterocycles. The van der Waals surface area contributed by atoms with Crippen LogP contribution in [0.5, 0.6) is 5.75 Å². The van der Waals surface area contributed by atoms with Crippen LogP contribution < -0.4 is 10.5 Å². The fraction of sp³-hybridized carbons (Fsp3) is 0.267. The SMILES string of the molecule is COc1ccc(Sc2nc(N)nc3c2ncn3C(C)OCP(=O)(O)O)cc1. The Bertz CT molecular complexity index is 990. The fourth-order valence-corrected chi connectivity index (χ4v) is 3.57. The molecule has 0 saturated carbocycles. The van der Waals surface area contributed by atoms with E-state index in [0.29, 0.717) is 16.2 Å². The van der Waals surface area contributed by atoms with E-state index in [1.54, 1.807) is 18.6 Å². The van der Waals surface area contributed by atoms with Gasteiger partial charge in [-0.1, -0.05) is 11.8 Å². The lowest BCUT2D eigenvalue weighted by atomic mass is 10.3. The minimum Gasteiger partial charge on any atom is -0.497 e. The van der Waals surface area contributed by atoms with Crippen molar-refractivity contribution in [3.63, 3.8) is 0 Å². The molecule has 1 atom stereocenters. The number of methoxy groups -OCH3 is 1. The van der Waals surface area contributed by atoms with Gasteiger partial charge in [-0.25, -0.2) is 9.97 Å². The normalized spacial score (nSPS) is 13.0. The van der Waals surface area contributed by atoms with E-state index in [-0.39, 0.29) is 5.95 Å². The minimum absolute atomic E-state index is 0.0578. The molecule has 12 heteroatoms. The van der Waals surface area contributed by atoms with E-state index in [9.17, 15) is 4.57 Å². The number of nitrogen functional groups attached to an aromatic ring is 1. The van der Waals surface area contributed by atoms with Crippen molar-refractivity contribution < 1.29 is 23.8 Å². The highest BCUT2D eigenvalue weighted by Crippen LogP contribution is 2.36. The lowest BCUT2D eigenvalue weighted by Gasteiger charge is -2.15. The number of fused-ring (bicyclic) bond motifs is 1. The molecule has 0 aliphatic rings. The molecule has 10 nitrogen and oxygen atoms in total. The van der Waals surface area contributed by atoms with Crippen molar-refractivity contribution in [3.8, 4) is 5.75 Å². The maximum Gasteiger partial charge on any atom is 0.351 e. The summed E-state index contributed by atoms with van der Waals surface area (Å²) >= 11 is 1.37. The van der Waals surface area contributed by atoms with Gasteiger partial charge in [0, 0.05) is 4.90 Å². The van der Waals surface area contributed by atoms with E-state index in [4.69, 9.17) is 25.0 Å². The second kappa shape index (κ2) is 7.83. The zero-order valence-electron chi connectivity index (χ0n) is 14.5. The van der Waals surface area contributed by atoms with Gasteiger partial charge in [0.15, 0.2) is 12.0 Å². The van der Waals surface area contributed by atoms with Crippen LogP contribution >= 0.6 is 19.4 Å². The van der Waals surface area contributed by atoms with E-state index >= 15 is 0 Å². The predicted octanol–water partition coefficient (Wildman–Crippen LogP) is 2.24. The molecule has 1 aromatic carbocycles. The molecule has 0 fully saturated rings. The van der Waals surface area contributed by atoms with Crippen LogP contribution in [0.2, 0.25) is 0 Å². The number of hydrogen-bond donors (Lipinski definition) is 3. The summed E-state index contributed by atoms with van der Waals surface area (Å²) in [6.45, 7) is 1.63. The lowest BCUT2D eigenvalue weighted by Crippen LogP contribution is -2.11. The van der Waals surface area contributed by atoms with E-state index in [2.05, 4.69) is 15.0 Å². The first-order chi connectivity index (χ1) is 12.8. The highest BCUT2D eigenvalue weighted by Gasteiger charge is 2.20. The summed E-state index contributed by atoms with van der Waals surface area (Å²) < 4.78 is 22.9. The molecule has 27 heavy (non-hydrogen) atoms. The van der Waals surface area contributed by atoms with Crippen LogP contribution in [0.25, 0.3) is 11.2 Å². The molecule has 3 aromatic rings. The van der Waals surface area contributed by atoms with Crippen LogP contribution in [0, 0.1) is 0 Å². The van der Waals surface area contributed by atoms with Crippen LogP contribution in [0.3, 0.4) is 0 Å². The number of hydrogen-bond acceptors (Lipinski definition) is 8. The van der Waals surface area contributed by atoms with Gasteiger partial charge in [-0.15, -0.1) is 0 Å². The average Bonchev–Trinajstić information content (AvgIpc) is 3.03. The van der Waals surface area contributed by atoms with Gasteiger partial charge in [-0.3, -0.25) is 9.13 Å². The van der Waals surface area contributed by atoms with Gasteiger partial charge in [0.1, 0.15) is 22.5 Å². The van der Waals surface area contributed by atoms with Crippen molar-refractivity contribution >= 4 is 36.5 Å². The Kier molecular flexibility index (Phi) is 5.68. The molecule has 0 saturated heterocycles. The zero-order chi connectivity index (χ0) is 19.6. The number of benzene rings is 1. The topological polar surface area (TPSA) is 146 Å². The Labute approximate surface area is 158 Å². The number of nitrogens with zero attached hydrogens (tertiary/aromatic N) is 4. The Morgan fingerprint density at radius 1 is 1.30 bits per heavy atom. The molecule has 4 N–H and O–H groups in total. The maximum atomic E-state index is 11.0. The van der Waals surface area contributed by atoms with Crippen molar-refractivity contribution in [1.82, 2.24) is 19.5 Å². The molecule has 0 spiro atoms. The molecule has 0 bridgehead atoms. The Hall–Kier alpha value is -2.17. The first-order valence-electron chi connectivity index (χ1n) is 7.75. The third-order valence-corrected chi connectivity index (χ3v) is 5.03. The minimum atomic E-state index is -4.28. The van der Waals surface area contributed by atoms with E-state index in [0.717, 1.165) is 10.6 Å². The van der Waals surface area contributed by atoms with Crippen LogP contribution in [-0.4, -0.2) is 42.8 Å². The van der Waals surface area contributed by atoms with Crippen LogP contribution in [0.15, 0.2) is 40.5 Å². The standard InChI is InChI=1S/C15H18N5O5PS/c1-9(25-8-26(21,22)23)20-7-17-12-13(20)18-15(16)19-14(12)27-11-5-3-10(24-2)4-6-11/h3-7,9H,8H2,1-2H3,(H2,16,18,19)(H2,21,22,23). The number of ether oxygens (including phenoxy) is 2. The number of imidazole rings is 1.